The average molecular weight is 434 g/mol. The van der Waals surface area contributed by atoms with Crippen LogP contribution in [0.15, 0.2) is 83.7 Å². The number of imidazole rings is 1. The van der Waals surface area contributed by atoms with Crippen molar-refractivity contribution in [2.75, 3.05) is 31.3 Å². The summed E-state index contributed by atoms with van der Waals surface area (Å²) in [6.45, 7) is 3.03. The number of nitrogens with one attached hydrogen (secondary N) is 1. The molecule has 3 aromatic rings. The Morgan fingerprint density at radius 3 is 2.55 bits per heavy atom. The number of allylic oxidation sites excluding steroid dienone is 4. The summed E-state index contributed by atoms with van der Waals surface area (Å²) in [5, 5.41) is 4.31. The van der Waals surface area contributed by atoms with Crippen LogP contribution in [0, 0.1) is 0 Å². The topological polar surface area (TPSA) is 24.1 Å². The highest BCUT2D eigenvalue weighted by atomic mass is 32.2. The Labute approximate surface area is 190 Å². The van der Waals surface area contributed by atoms with E-state index >= 15 is 0 Å². The summed E-state index contributed by atoms with van der Waals surface area (Å²) in [7, 11) is 8.36. The van der Waals surface area contributed by atoms with E-state index in [0.29, 0.717) is 0 Å². The summed E-state index contributed by atoms with van der Waals surface area (Å²) < 4.78 is 4.57. The lowest BCUT2D eigenvalue weighted by atomic mass is 10.1. The van der Waals surface area contributed by atoms with Crippen LogP contribution >= 0.6 is 11.8 Å². The summed E-state index contributed by atoms with van der Waals surface area (Å²) in [6.07, 6.45) is 10.4. The van der Waals surface area contributed by atoms with Crippen molar-refractivity contribution in [2.45, 2.75) is 12.1 Å². The number of benzene rings is 2. The normalized spacial score (nSPS) is 12.4. The van der Waals surface area contributed by atoms with E-state index in [1.165, 1.54) is 33.0 Å². The minimum atomic E-state index is 0.985. The lowest BCUT2D eigenvalue weighted by Gasteiger charge is -2.18. The zero-order chi connectivity index (χ0) is 22.2. The maximum absolute atomic E-state index is 3.03. The Balaban J connectivity index is 1.58. The Kier molecular flexibility index (Phi) is 8.01. The van der Waals surface area contributed by atoms with Gasteiger partial charge in [0.25, 0.3) is 0 Å². The first kappa shape index (κ1) is 22.8. The van der Waals surface area contributed by atoms with Crippen LogP contribution in [0.1, 0.15) is 12.5 Å². The van der Waals surface area contributed by atoms with Crippen molar-refractivity contribution in [1.29, 1.82) is 0 Å². The molecule has 0 aliphatic rings. The fourth-order valence-electron chi connectivity index (χ4n) is 3.52. The molecule has 3 rings (SSSR count). The highest BCUT2D eigenvalue weighted by Crippen LogP contribution is 2.22. The predicted molar refractivity (Wildman–Crippen MR) is 136 cm³/mol. The lowest BCUT2D eigenvalue weighted by Crippen LogP contribution is -2.30. The van der Waals surface area contributed by atoms with E-state index in [1.54, 1.807) is 0 Å². The molecular weight excluding hydrogens is 400 g/mol. The monoisotopic (exact) mass is 433 g/mol. The van der Waals surface area contributed by atoms with Crippen LogP contribution in [0.3, 0.4) is 0 Å². The second-order valence-corrected chi connectivity index (χ2v) is 8.56. The minimum absolute atomic E-state index is 0.985. The van der Waals surface area contributed by atoms with Crippen molar-refractivity contribution >= 4 is 34.6 Å². The van der Waals surface area contributed by atoms with Crippen LogP contribution < -0.4 is 14.8 Å². The summed E-state index contributed by atoms with van der Waals surface area (Å²) in [5.74, 6) is 1.03. The number of fused-ring (bicyclic) bond motifs is 1. The van der Waals surface area contributed by atoms with E-state index < -0.39 is 0 Å². The fourth-order valence-corrected chi connectivity index (χ4v) is 4.65. The minimum Gasteiger partial charge on any atom is -0.394 e. The molecule has 0 bridgehead atoms. The van der Waals surface area contributed by atoms with E-state index in [4.69, 9.17) is 0 Å². The molecule has 4 nitrogen and oxygen atoms in total. The van der Waals surface area contributed by atoms with Crippen LogP contribution in [0.4, 0.5) is 5.69 Å². The molecule has 5 heteroatoms. The summed E-state index contributed by atoms with van der Waals surface area (Å²) in [5.41, 5.74) is 6.15. The second-order valence-electron chi connectivity index (χ2n) is 7.49. The van der Waals surface area contributed by atoms with Gasteiger partial charge >= 0.3 is 5.16 Å². The Morgan fingerprint density at radius 2 is 1.87 bits per heavy atom. The largest absolute Gasteiger partial charge is 0.394 e. The van der Waals surface area contributed by atoms with E-state index in [9.17, 15) is 0 Å². The highest BCUT2D eigenvalue weighted by molar-refractivity contribution is 7.99. The van der Waals surface area contributed by atoms with E-state index in [2.05, 4.69) is 113 Å². The lowest BCUT2D eigenvalue weighted by molar-refractivity contribution is -0.685. The second kappa shape index (κ2) is 10.9. The molecule has 0 saturated carbocycles. The van der Waals surface area contributed by atoms with Gasteiger partial charge in [0.1, 0.15) is 0 Å². The first-order valence-electron chi connectivity index (χ1n) is 10.6. The van der Waals surface area contributed by atoms with Crippen LogP contribution in [0.5, 0.6) is 0 Å². The molecule has 1 heterocycles. The summed E-state index contributed by atoms with van der Waals surface area (Å²) >= 11 is 1.90. The van der Waals surface area contributed by atoms with Gasteiger partial charge < -0.3 is 10.2 Å². The number of thioether (sulfide) groups is 1. The van der Waals surface area contributed by atoms with Crippen molar-refractivity contribution in [3.8, 4) is 0 Å². The van der Waals surface area contributed by atoms with Gasteiger partial charge in [-0.15, -0.1) is 0 Å². The van der Waals surface area contributed by atoms with Gasteiger partial charge in [0, 0.05) is 32.1 Å². The van der Waals surface area contributed by atoms with Gasteiger partial charge in [-0.25, -0.2) is 9.13 Å². The van der Waals surface area contributed by atoms with Gasteiger partial charge in [0.2, 0.25) is 0 Å². The van der Waals surface area contributed by atoms with Crippen LogP contribution in [-0.4, -0.2) is 31.0 Å². The van der Waals surface area contributed by atoms with Gasteiger partial charge in [-0.05, 0) is 66.4 Å². The van der Waals surface area contributed by atoms with Crippen LogP contribution in [0.2, 0.25) is 0 Å². The third kappa shape index (κ3) is 5.61. The molecule has 0 unspecified atom stereocenters. The molecule has 0 radical (unpaired) electrons. The number of hydrogen-bond donors (Lipinski definition) is 1. The van der Waals surface area contributed by atoms with Gasteiger partial charge in [-0.1, -0.05) is 42.5 Å². The number of aromatic nitrogens is 2. The van der Waals surface area contributed by atoms with Crippen molar-refractivity contribution in [3.05, 3.63) is 84.1 Å². The molecule has 0 aliphatic carbocycles. The zero-order valence-corrected chi connectivity index (χ0v) is 20.0. The molecule has 1 N–H and O–H groups in total. The zero-order valence-electron chi connectivity index (χ0n) is 19.2. The quantitative estimate of drug-likeness (QED) is 0.294. The van der Waals surface area contributed by atoms with Crippen LogP contribution in [0.25, 0.3) is 17.1 Å². The number of hydrogen-bond acceptors (Lipinski definition) is 3. The first-order valence-corrected chi connectivity index (χ1v) is 11.6. The van der Waals surface area contributed by atoms with Gasteiger partial charge in [0.05, 0.1) is 14.1 Å². The number of rotatable bonds is 9. The third-order valence-corrected chi connectivity index (χ3v) is 6.61. The number of nitrogens with zero attached hydrogens (tertiary/aromatic N) is 3. The molecule has 0 aliphatic heterocycles. The van der Waals surface area contributed by atoms with Crippen molar-refractivity contribution in [2.24, 2.45) is 14.1 Å². The predicted octanol–water partition coefficient (Wildman–Crippen LogP) is 4.92. The van der Waals surface area contributed by atoms with Crippen molar-refractivity contribution < 1.29 is 4.57 Å². The maximum Gasteiger partial charge on any atom is 0.318 e. The molecule has 162 valence electrons. The molecule has 0 spiro atoms. The first-order chi connectivity index (χ1) is 15.0. The van der Waals surface area contributed by atoms with Crippen molar-refractivity contribution in [3.63, 3.8) is 0 Å². The molecule has 0 fully saturated rings. The van der Waals surface area contributed by atoms with Gasteiger partial charge in [-0.3, -0.25) is 0 Å². The molecule has 0 atom stereocenters. The Bertz CT molecular complexity index is 1050. The SMILES string of the molecule is C/C=C(\C=C/NC)/C=C/c1ccc(N(C)CCSc2n(C)c3ccccc3[n+]2C)cc1. The van der Waals surface area contributed by atoms with Crippen LogP contribution in [-0.2, 0) is 14.1 Å². The average Bonchev–Trinajstić information content (AvgIpc) is 3.04. The summed E-state index contributed by atoms with van der Waals surface area (Å²) in [6, 6.07) is 17.3. The molecule has 1 aromatic heterocycles. The Hall–Kier alpha value is -2.92. The number of aryl methyl sites for hydroxylation is 2. The van der Waals surface area contributed by atoms with E-state index in [0.717, 1.165) is 12.3 Å². The standard InChI is InChI=1S/C26H33N4S/c1-6-21(17-18-27-2)11-12-22-13-15-23(16-14-22)28(3)19-20-31-26-29(4)24-9-7-8-10-25(24)30(26)5/h6-18,27H,19-20H2,1-5H3/q+1/b12-11+,18-17-,21-6-. The number of anilines is 1. The molecule has 0 amide bonds. The summed E-state index contributed by atoms with van der Waals surface area (Å²) in [4.78, 5) is 2.32. The number of para-hydroxylation sites is 2. The van der Waals surface area contributed by atoms with Gasteiger partial charge in [-0.2, -0.15) is 0 Å². The third-order valence-electron chi connectivity index (χ3n) is 5.41. The molecule has 31 heavy (non-hydrogen) atoms. The maximum atomic E-state index is 3.03. The smallest absolute Gasteiger partial charge is 0.318 e. The van der Waals surface area contributed by atoms with Gasteiger partial charge in [0.15, 0.2) is 11.0 Å². The molecular formula is C26H33N4S+. The molecule has 2 aromatic carbocycles. The van der Waals surface area contributed by atoms with E-state index in [1.807, 2.05) is 31.9 Å². The Morgan fingerprint density at radius 1 is 1.13 bits per heavy atom. The fraction of sp³-hybridized carbons (Fsp3) is 0.269. The highest BCUT2D eigenvalue weighted by Gasteiger charge is 2.19. The van der Waals surface area contributed by atoms with E-state index in [-0.39, 0.29) is 0 Å². The molecule has 0 saturated heterocycles. The van der Waals surface area contributed by atoms with Crippen molar-refractivity contribution in [1.82, 2.24) is 9.88 Å².